The molecule has 2 rings (SSSR count). The third kappa shape index (κ3) is 3.23. The lowest BCUT2D eigenvalue weighted by atomic mass is 10.2. The van der Waals surface area contributed by atoms with Crippen LogP contribution in [0.15, 0.2) is 11.2 Å². The fraction of sp³-hybridized carbons (Fsp3) is 0.636. The fourth-order valence-electron chi connectivity index (χ4n) is 1.90. The Balaban J connectivity index is 2.06. The summed E-state index contributed by atoms with van der Waals surface area (Å²) in [4.78, 5) is 10.7. The van der Waals surface area contributed by atoms with E-state index >= 15 is 0 Å². The highest BCUT2D eigenvalue weighted by molar-refractivity contribution is 7.98. The Kier molecular flexibility index (Phi) is 4.06. The molecule has 1 aromatic heterocycles. The van der Waals surface area contributed by atoms with Gasteiger partial charge < -0.3 is 15.4 Å². The van der Waals surface area contributed by atoms with E-state index in [2.05, 4.69) is 14.9 Å². The molecule has 1 aromatic rings. The normalized spacial score (nSPS) is 19.5. The molecule has 94 valence electrons. The molecule has 0 aromatic carbocycles. The van der Waals surface area contributed by atoms with E-state index in [0.29, 0.717) is 17.1 Å². The van der Waals surface area contributed by atoms with Crippen LogP contribution in [0.5, 0.6) is 0 Å². The van der Waals surface area contributed by atoms with Crippen molar-refractivity contribution in [3.63, 3.8) is 0 Å². The number of hydrogen-bond donors (Lipinski definition) is 1. The molecule has 5 nitrogen and oxygen atoms in total. The summed E-state index contributed by atoms with van der Waals surface area (Å²) in [7, 11) is 2.01. The summed E-state index contributed by atoms with van der Waals surface area (Å²) >= 11 is 1.50. The van der Waals surface area contributed by atoms with Crippen LogP contribution in [0.3, 0.4) is 0 Å². The maximum Gasteiger partial charge on any atom is 0.191 e. The molecule has 2 N–H and O–H groups in total. The Morgan fingerprint density at radius 3 is 3.06 bits per heavy atom. The van der Waals surface area contributed by atoms with Gasteiger partial charge in [0, 0.05) is 26.3 Å². The lowest BCUT2D eigenvalue weighted by molar-refractivity contribution is 0.116. The number of hydrogen-bond acceptors (Lipinski definition) is 6. The number of rotatable bonds is 4. The van der Waals surface area contributed by atoms with Gasteiger partial charge in [0.15, 0.2) is 5.16 Å². The first-order valence-corrected chi connectivity index (χ1v) is 6.93. The van der Waals surface area contributed by atoms with Crippen LogP contribution in [-0.4, -0.2) is 42.5 Å². The molecule has 0 amide bonds. The van der Waals surface area contributed by atoms with Gasteiger partial charge in [-0.2, -0.15) is 0 Å². The second-order valence-corrected chi connectivity index (χ2v) is 4.93. The quantitative estimate of drug-likeness (QED) is 0.647. The summed E-state index contributed by atoms with van der Waals surface area (Å²) in [6.45, 7) is 1.73. The van der Waals surface area contributed by atoms with Crippen LogP contribution in [-0.2, 0) is 4.74 Å². The minimum absolute atomic E-state index is 0.314. The number of thioether (sulfide) groups is 1. The van der Waals surface area contributed by atoms with Crippen molar-refractivity contribution >= 4 is 23.4 Å². The molecule has 0 spiro atoms. The van der Waals surface area contributed by atoms with Crippen molar-refractivity contribution < 1.29 is 4.74 Å². The van der Waals surface area contributed by atoms with E-state index in [1.165, 1.54) is 11.8 Å². The number of ether oxygens (including phenoxy) is 1. The molecule has 1 aliphatic heterocycles. The molecule has 0 aliphatic carbocycles. The zero-order valence-electron chi connectivity index (χ0n) is 10.2. The molecule has 2 heterocycles. The van der Waals surface area contributed by atoms with Crippen LogP contribution in [0.1, 0.15) is 12.8 Å². The number of nitrogens with zero attached hydrogens (tertiary/aromatic N) is 3. The predicted molar refractivity (Wildman–Crippen MR) is 70.5 cm³/mol. The van der Waals surface area contributed by atoms with Gasteiger partial charge >= 0.3 is 0 Å². The SMILES string of the molecule is CSc1nc(N)cc(N(C)CC2CCCO2)n1. The first kappa shape index (κ1) is 12.4. The van der Waals surface area contributed by atoms with Crippen molar-refractivity contribution in [3.05, 3.63) is 6.07 Å². The zero-order valence-corrected chi connectivity index (χ0v) is 11.0. The fourth-order valence-corrected chi connectivity index (χ4v) is 2.29. The van der Waals surface area contributed by atoms with Gasteiger partial charge in [0.1, 0.15) is 11.6 Å². The van der Waals surface area contributed by atoms with Crippen molar-refractivity contribution in [2.75, 3.05) is 37.1 Å². The molecule has 0 radical (unpaired) electrons. The maximum absolute atomic E-state index is 5.76. The molecule has 1 aliphatic rings. The van der Waals surface area contributed by atoms with Crippen LogP contribution >= 0.6 is 11.8 Å². The minimum Gasteiger partial charge on any atom is -0.383 e. The van der Waals surface area contributed by atoms with Gasteiger partial charge in [0.2, 0.25) is 0 Å². The molecule has 1 saturated heterocycles. The lowest BCUT2D eigenvalue weighted by Crippen LogP contribution is -2.29. The molecular weight excluding hydrogens is 236 g/mol. The highest BCUT2D eigenvalue weighted by Crippen LogP contribution is 2.20. The maximum atomic E-state index is 5.76. The number of likely N-dealkylation sites (N-methyl/N-ethyl adjacent to an activating group) is 1. The van der Waals surface area contributed by atoms with E-state index in [-0.39, 0.29) is 0 Å². The molecule has 1 unspecified atom stereocenters. The van der Waals surface area contributed by atoms with Crippen molar-refractivity contribution in [2.24, 2.45) is 0 Å². The van der Waals surface area contributed by atoms with Crippen molar-refractivity contribution in [1.29, 1.82) is 0 Å². The summed E-state index contributed by atoms with van der Waals surface area (Å²) in [6, 6.07) is 1.80. The molecule has 0 saturated carbocycles. The number of nitrogen functional groups attached to an aromatic ring is 1. The summed E-state index contributed by atoms with van der Waals surface area (Å²) in [6.07, 6.45) is 4.54. The van der Waals surface area contributed by atoms with E-state index in [1.807, 2.05) is 13.3 Å². The third-order valence-electron chi connectivity index (χ3n) is 2.79. The second-order valence-electron chi connectivity index (χ2n) is 4.15. The van der Waals surface area contributed by atoms with E-state index in [4.69, 9.17) is 10.5 Å². The van der Waals surface area contributed by atoms with Crippen molar-refractivity contribution in [1.82, 2.24) is 9.97 Å². The summed E-state index contributed by atoms with van der Waals surface area (Å²) in [5, 5.41) is 0.708. The summed E-state index contributed by atoms with van der Waals surface area (Å²) in [5.74, 6) is 1.37. The molecular formula is C11H18N4OS. The van der Waals surface area contributed by atoms with Gasteiger partial charge in [-0.25, -0.2) is 9.97 Å². The second kappa shape index (κ2) is 5.55. The Morgan fingerprint density at radius 1 is 1.59 bits per heavy atom. The van der Waals surface area contributed by atoms with E-state index in [0.717, 1.165) is 31.8 Å². The zero-order chi connectivity index (χ0) is 12.3. The van der Waals surface area contributed by atoms with Gasteiger partial charge in [0.25, 0.3) is 0 Å². The Hall–Kier alpha value is -1.01. The number of aromatic nitrogens is 2. The van der Waals surface area contributed by atoms with Crippen LogP contribution in [0.2, 0.25) is 0 Å². The number of anilines is 2. The first-order valence-electron chi connectivity index (χ1n) is 5.70. The average molecular weight is 254 g/mol. The van der Waals surface area contributed by atoms with Crippen LogP contribution < -0.4 is 10.6 Å². The van der Waals surface area contributed by atoms with Gasteiger partial charge in [-0.3, -0.25) is 0 Å². The Morgan fingerprint density at radius 2 is 2.41 bits per heavy atom. The third-order valence-corrected chi connectivity index (χ3v) is 3.33. The monoisotopic (exact) mass is 254 g/mol. The van der Waals surface area contributed by atoms with E-state index in [9.17, 15) is 0 Å². The standard InChI is InChI=1S/C11H18N4OS/c1-15(7-8-4-3-5-16-8)10-6-9(12)13-11(14-10)17-2/h6,8H,3-5,7H2,1-2H3,(H2,12,13,14). The lowest BCUT2D eigenvalue weighted by Gasteiger charge is -2.22. The van der Waals surface area contributed by atoms with E-state index in [1.54, 1.807) is 6.07 Å². The van der Waals surface area contributed by atoms with Gasteiger partial charge in [-0.05, 0) is 19.1 Å². The smallest absolute Gasteiger partial charge is 0.191 e. The molecule has 1 fully saturated rings. The molecule has 0 bridgehead atoms. The first-order chi connectivity index (χ1) is 8.19. The van der Waals surface area contributed by atoms with Crippen molar-refractivity contribution in [3.8, 4) is 0 Å². The summed E-state index contributed by atoms with van der Waals surface area (Å²) in [5.41, 5.74) is 5.76. The van der Waals surface area contributed by atoms with Crippen molar-refractivity contribution in [2.45, 2.75) is 24.1 Å². The van der Waals surface area contributed by atoms with Gasteiger partial charge in [-0.15, -0.1) is 0 Å². The Bertz CT molecular complexity index is 382. The largest absolute Gasteiger partial charge is 0.383 e. The van der Waals surface area contributed by atoms with Crippen LogP contribution in [0.25, 0.3) is 0 Å². The Labute approximate surface area is 106 Å². The van der Waals surface area contributed by atoms with E-state index < -0.39 is 0 Å². The predicted octanol–water partition coefficient (Wildman–Crippen LogP) is 1.40. The topological polar surface area (TPSA) is 64.3 Å². The van der Waals surface area contributed by atoms with Crippen LogP contribution in [0.4, 0.5) is 11.6 Å². The molecule has 1 atom stereocenters. The minimum atomic E-state index is 0.314. The molecule has 17 heavy (non-hydrogen) atoms. The van der Waals surface area contributed by atoms with Crippen LogP contribution in [0, 0.1) is 0 Å². The van der Waals surface area contributed by atoms with Gasteiger partial charge in [0.05, 0.1) is 6.10 Å². The highest BCUT2D eigenvalue weighted by atomic mass is 32.2. The average Bonchev–Trinajstić information content (AvgIpc) is 2.81. The highest BCUT2D eigenvalue weighted by Gasteiger charge is 2.18. The molecule has 6 heteroatoms. The van der Waals surface area contributed by atoms with Gasteiger partial charge in [-0.1, -0.05) is 11.8 Å². The number of nitrogens with two attached hydrogens (primary N) is 1. The summed E-state index contributed by atoms with van der Waals surface area (Å²) < 4.78 is 5.61.